The SMILES string of the molecule is COc1ccc2c(c1)c1c(N)ncnc1n2CC(=O)N1[C@@H]2CC2C[C@H]1C(=O)Nc1cccc(Br)n1. The van der Waals surface area contributed by atoms with Gasteiger partial charge in [-0.1, -0.05) is 6.07 Å². The molecule has 10 nitrogen and oxygen atoms in total. The second kappa shape index (κ2) is 8.19. The second-order valence-corrected chi connectivity index (χ2v) is 9.69. The molecular weight excluding hydrogens is 514 g/mol. The van der Waals surface area contributed by atoms with Gasteiger partial charge in [0, 0.05) is 11.4 Å². The molecule has 6 rings (SSSR count). The van der Waals surface area contributed by atoms with Crippen LogP contribution in [0.15, 0.2) is 47.3 Å². The molecular formula is C24H22BrN7O3. The Morgan fingerprint density at radius 2 is 2.09 bits per heavy atom. The number of hydrogen-bond acceptors (Lipinski definition) is 7. The van der Waals surface area contributed by atoms with Crippen LogP contribution in [-0.4, -0.2) is 55.4 Å². The minimum absolute atomic E-state index is 0.0327. The number of pyridine rings is 1. The average Bonchev–Trinajstić information content (AvgIpc) is 3.39. The summed E-state index contributed by atoms with van der Waals surface area (Å²) in [5, 5.41) is 4.34. The molecule has 11 heteroatoms. The zero-order chi connectivity index (χ0) is 24.3. The van der Waals surface area contributed by atoms with Crippen LogP contribution in [-0.2, 0) is 16.1 Å². The highest BCUT2D eigenvalue weighted by molar-refractivity contribution is 9.10. The summed E-state index contributed by atoms with van der Waals surface area (Å²) >= 11 is 3.32. The van der Waals surface area contributed by atoms with Gasteiger partial charge in [-0.25, -0.2) is 15.0 Å². The predicted molar refractivity (Wildman–Crippen MR) is 134 cm³/mol. The fourth-order valence-corrected chi connectivity index (χ4v) is 5.50. The van der Waals surface area contributed by atoms with Gasteiger partial charge >= 0.3 is 0 Å². The number of rotatable bonds is 5. The molecule has 3 N–H and O–H groups in total. The minimum Gasteiger partial charge on any atom is -0.497 e. The molecule has 2 aliphatic rings. The monoisotopic (exact) mass is 535 g/mol. The number of aromatic nitrogens is 4. The zero-order valence-electron chi connectivity index (χ0n) is 18.8. The number of piperidine rings is 1. The van der Waals surface area contributed by atoms with E-state index in [0.717, 1.165) is 17.3 Å². The number of nitrogen functional groups attached to an aromatic ring is 1. The third kappa shape index (κ3) is 3.66. The molecule has 4 heterocycles. The number of benzene rings is 1. The fraction of sp³-hybridized carbons (Fsp3) is 0.292. The van der Waals surface area contributed by atoms with Crippen LogP contribution in [0.5, 0.6) is 5.75 Å². The normalized spacial score (nSPS) is 20.7. The van der Waals surface area contributed by atoms with Crippen molar-refractivity contribution in [2.45, 2.75) is 31.5 Å². The first-order chi connectivity index (χ1) is 16.9. The van der Waals surface area contributed by atoms with Crippen molar-refractivity contribution < 1.29 is 14.3 Å². The van der Waals surface area contributed by atoms with Crippen molar-refractivity contribution in [3.05, 3.63) is 47.3 Å². The summed E-state index contributed by atoms with van der Waals surface area (Å²) in [6.45, 7) is 0.0327. The van der Waals surface area contributed by atoms with E-state index in [2.05, 4.69) is 36.2 Å². The number of fused-ring (bicyclic) bond motifs is 4. The Labute approximate surface area is 208 Å². The fourth-order valence-electron chi connectivity index (χ4n) is 5.16. The summed E-state index contributed by atoms with van der Waals surface area (Å²) in [4.78, 5) is 41.4. The van der Waals surface area contributed by atoms with Crippen molar-refractivity contribution in [2.24, 2.45) is 5.92 Å². The topological polar surface area (TPSA) is 128 Å². The maximum absolute atomic E-state index is 13.7. The van der Waals surface area contributed by atoms with E-state index < -0.39 is 6.04 Å². The van der Waals surface area contributed by atoms with E-state index in [1.165, 1.54) is 6.33 Å². The van der Waals surface area contributed by atoms with Crippen LogP contribution in [0.3, 0.4) is 0 Å². The first-order valence-corrected chi connectivity index (χ1v) is 12.0. The Morgan fingerprint density at radius 3 is 2.89 bits per heavy atom. The number of anilines is 2. The van der Waals surface area contributed by atoms with Crippen molar-refractivity contribution >= 4 is 61.3 Å². The lowest BCUT2D eigenvalue weighted by Crippen LogP contribution is -2.46. The van der Waals surface area contributed by atoms with E-state index in [4.69, 9.17) is 10.5 Å². The summed E-state index contributed by atoms with van der Waals surface area (Å²) < 4.78 is 7.85. The summed E-state index contributed by atoms with van der Waals surface area (Å²) in [5.74, 6) is 1.44. The van der Waals surface area contributed by atoms with E-state index in [-0.39, 0.29) is 24.4 Å². The Kier molecular flexibility index (Phi) is 5.10. The number of likely N-dealkylation sites (tertiary alicyclic amines) is 1. The van der Waals surface area contributed by atoms with E-state index in [1.54, 1.807) is 30.2 Å². The Balaban J connectivity index is 1.33. The highest BCUT2D eigenvalue weighted by atomic mass is 79.9. The number of halogens is 1. The molecule has 3 atom stereocenters. The minimum atomic E-state index is -0.542. The Morgan fingerprint density at radius 1 is 1.23 bits per heavy atom. The van der Waals surface area contributed by atoms with Crippen LogP contribution in [0.2, 0.25) is 0 Å². The van der Waals surface area contributed by atoms with Crippen LogP contribution in [0.4, 0.5) is 11.6 Å². The lowest BCUT2D eigenvalue weighted by Gasteiger charge is -2.27. The molecule has 1 saturated carbocycles. The number of carbonyl (C=O) groups is 2. The number of ether oxygens (including phenoxy) is 1. The summed E-state index contributed by atoms with van der Waals surface area (Å²) in [6.07, 6.45) is 2.96. The van der Waals surface area contributed by atoms with Crippen molar-refractivity contribution in [1.29, 1.82) is 0 Å². The molecule has 2 fully saturated rings. The third-order valence-electron chi connectivity index (χ3n) is 6.83. The molecule has 0 spiro atoms. The van der Waals surface area contributed by atoms with Crippen LogP contribution < -0.4 is 15.8 Å². The van der Waals surface area contributed by atoms with Gasteiger partial charge in [0.25, 0.3) is 0 Å². The zero-order valence-corrected chi connectivity index (χ0v) is 20.4. The number of methoxy groups -OCH3 is 1. The lowest BCUT2D eigenvalue weighted by atomic mass is 10.1. The molecule has 0 radical (unpaired) electrons. The predicted octanol–water partition coefficient (Wildman–Crippen LogP) is 2.96. The molecule has 4 aromatic rings. The lowest BCUT2D eigenvalue weighted by molar-refractivity contribution is -0.138. The van der Waals surface area contributed by atoms with Crippen molar-refractivity contribution in [3.8, 4) is 5.75 Å². The number of nitrogens with one attached hydrogen (secondary N) is 1. The van der Waals surface area contributed by atoms with Gasteiger partial charge in [-0.05, 0) is 65.0 Å². The van der Waals surface area contributed by atoms with Crippen molar-refractivity contribution in [1.82, 2.24) is 24.4 Å². The highest BCUT2D eigenvalue weighted by Gasteiger charge is 2.56. The molecule has 178 valence electrons. The van der Waals surface area contributed by atoms with Gasteiger partial charge < -0.3 is 25.3 Å². The van der Waals surface area contributed by atoms with Gasteiger partial charge in [0.15, 0.2) is 0 Å². The van der Waals surface area contributed by atoms with Crippen LogP contribution in [0.25, 0.3) is 21.9 Å². The van der Waals surface area contributed by atoms with E-state index in [1.807, 2.05) is 22.8 Å². The number of amides is 2. The molecule has 1 aliphatic carbocycles. The van der Waals surface area contributed by atoms with Crippen LogP contribution in [0.1, 0.15) is 12.8 Å². The number of hydrogen-bond donors (Lipinski definition) is 2. The summed E-state index contributed by atoms with van der Waals surface area (Å²) in [6, 6.07) is 10.4. The van der Waals surface area contributed by atoms with Gasteiger partial charge in [-0.3, -0.25) is 9.59 Å². The number of nitrogens with two attached hydrogens (primary N) is 1. The number of carbonyl (C=O) groups excluding carboxylic acids is 2. The van der Waals surface area contributed by atoms with E-state index in [0.29, 0.717) is 45.4 Å². The molecule has 1 saturated heterocycles. The third-order valence-corrected chi connectivity index (χ3v) is 7.27. The van der Waals surface area contributed by atoms with Gasteiger partial charge in [-0.15, -0.1) is 0 Å². The highest BCUT2D eigenvalue weighted by Crippen LogP contribution is 2.48. The maximum Gasteiger partial charge on any atom is 0.248 e. The Bertz CT molecular complexity index is 1500. The maximum atomic E-state index is 13.7. The summed E-state index contributed by atoms with van der Waals surface area (Å²) in [5.41, 5.74) is 7.56. The number of nitrogens with zero attached hydrogens (tertiary/aromatic N) is 5. The molecule has 1 unspecified atom stereocenters. The van der Waals surface area contributed by atoms with Gasteiger partial charge in [0.1, 0.15) is 46.5 Å². The van der Waals surface area contributed by atoms with Gasteiger partial charge in [0.05, 0.1) is 18.0 Å². The van der Waals surface area contributed by atoms with E-state index >= 15 is 0 Å². The van der Waals surface area contributed by atoms with Crippen molar-refractivity contribution in [2.75, 3.05) is 18.2 Å². The van der Waals surface area contributed by atoms with Crippen LogP contribution >= 0.6 is 15.9 Å². The standard InChI is InChI=1S/C24H22BrN7O3/c1-35-13-5-6-15-14(9-13)21-22(26)27-11-28-23(21)31(15)10-20(33)32-16-7-12(16)8-17(32)24(34)30-19-4-2-3-18(25)29-19/h2-6,9,11-12,16-17H,7-8,10H2,1H3,(H2,26,27,28)(H,29,30,34)/t12?,16-,17+/m1/s1. The quantitative estimate of drug-likeness (QED) is 0.376. The van der Waals surface area contributed by atoms with Gasteiger partial charge in [0.2, 0.25) is 11.8 Å². The Hall–Kier alpha value is -3.73. The molecule has 35 heavy (non-hydrogen) atoms. The molecule has 0 bridgehead atoms. The molecule has 1 aromatic carbocycles. The largest absolute Gasteiger partial charge is 0.497 e. The smallest absolute Gasteiger partial charge is 0.248 e. The second-order valence-electron chi connectivity index (χ2n) is 8.88. The van der Waals surface area contributed by atoms with Crippen molar-refractivity contribution in [3.63, 3.8) is 0 Å². The van der Waals surface area contributed by atoms with E-state index in [9.17, 15) is 9.59 Å². The van der Waals surface area contributed by atoms with Gasteiger partial charge in [-0.2, -0.15) is 0 Å². The first kappa shape index (κ1) is 21.8. The molecule has 3 aromatic heterocycles. The first-order valence-electron chi connectivity index (χ1n) is 11.3. The average molecular weight is 536 g/mol. The molecule has 1 aliphatic heterocycles. The summed E-state index contributed by atoms with van der Waals surface area (Å²) in [7, 11) is 1.60. The molecule has 2 amide bonds. The van der Waals surface area contributed by atoms with Crippen LogP contribution in [0, 0.1) is 5.92 Å².